The van der Waals surface area contributed by atoms with Gasteiger partial charge in [-0.25, -0.2) is 0 Å². The third kappa shape index (κ3) is 22.1. The lowest BCUT2D eigenvalue weighted by molar-refractivity contribution is -0.116. The number of rotatable bonds is 12. The van der Waals surface area contributed by atoms with Crippen molar-refractivity contribution < 1.29 is 19.0 Å². The van der Waals surface area contributed by atoms with E-state index in [1.165, 1.54) is 0 Å². The second-order valence-corrected chi connectivity index (χ2v) is 4.36. The van der Waals surface area contributed by atoms with Crippen LogP contribution in [0.2, 0.25) is 0 Å². The molecule has 0 aliphatic carbocycles. The van der Waals surface area contributed by atoms with Gasteiger partial charge in [0.05, 0.1) is 0 Å². The van der Waals surface area contributed by atoms with Gasteiger partial charge >= 0.3 is 0 Å². The van der Waals surface area contributed by atoms with E-state index in [-0.39, 0.29) is 28.6 Å². The third-order valence-corrected chi connectivity index (χ3v) is 2.60. The van der Waals surface area contributed by atoms with Crippen LogP contribution in [-0.2, 0) is 9.59 Å². The lowest BCUT2D eigenvalue weighted by atomic mass is 10.3. The quantitative estimate of drug-likeness (QED) is 0.290. The first kappa shape index (κ1) is 29.8. The normalized spacial score (nSPS) is 8.25. The van der Waals surface area contributed by atoms with Gasteiger partial charge in [-0.2, -0.15) is 0 Å². The highest BCUT2D eigenvalue weighted by Crippen LogP contribution is 1.79. The number of carbonyl (C=O) groups is 2. The number of hydrogen-bond acceptors (Lipinski definition) is 4. The SMILES string of the molecule is C.C#CC(=O)NCCCNCCCNCCCNC(=O)C#C.F.F. The summed E-state index contributed by atoms with van der Waals surface area (Å²) in [5.41, 5.74) is 0. The number of hydrogen-bond donors (Lipinski definition) is 4. The van der Waals surface area contributed by atoms with Gasteiger partial charge < -0.3 is 21.3 Å². The maximum atomic E-state index is 10.7. The van der Waals surface area contributed by atoms with Crippen LogP contribution < -0.4 is 21.3 Å². The maximum absolute atomic E-state index is 10.7. The van der Waals surface area contributed by atoms with Crippen molar-refractivity contribution >= 4 is 11.8 Å². The molecule has 0 heterocycles. The first-order valence-corrected chi connectivity index (χ1v) is 7.11. The van der Waals surface area contributed by atoms with Crippen LogP contribution in [0, 0.1) is 24.7 Å². The predicted molar refractivity (Wildman–Crippen MR) is 95.0 cm³/mol. The Morgan fingerprint density at radius 1 is 0.667 bits per heavy atom. The van der Waals surface area contributed by atoms with Crippen LogP contribution in [0.5, 0.6) is 0 Å². The Balaban J connectivity index is -0.000000667. The number of nitrogens with one attached hydrogen (secondary N) is 4. The van der Waals surface area contributed by atoms with E-state index in [1.54, 1.807) is 0 Å². The molecule has 0 radical (unpaired) electrons. The van der Waals surface area contributed by atoms with Gasteiger partial charge in [-0.15, -0.1) is 12.8 Å². The molecule has 0 bridgehead atoms. The first-order valence-electron chi connectivity index (χ1n) is 7.11. The average molecular weight is 348 g/mol. The van der Waals surface area contributed by atoms with Crippen molar-refractivity contribution in [2.75, 3.05) is 39.3 Å². The molecular formula is C16H30F2N4O2. The molecule has 0 aromatic heterocycles. The van der Waals surface area contributed by atoms with E-state index in [0.29, 0.717) is 13.1 Å². The number of carbonyl (C=O) groups excluding carboxylic acids is 2. The summed E-state index contributed by atoms with van der Waals surface area (Å²) in [6, 6.07) is 0. The van der Waals surface area contributed by atoms with Gasteiger partial charge in [0.15, 0.2) is 0 Å². The number of halogens is 2. The van der Waals surface area contributed by atoms with Crippen molar-refractivity contribution in [3.8, 4) is 24.7 Å². The summed E-state index contributed by atoms with van der Waals surface area (Å²) >= 11 is 0. The van der Waals surface area contributed by atoms with Crippen molar-refractivity contribution in [2.24, 2.45) is 0 Å². The molecule has 2 amide bonds. The number of terminal acetylenes is 2. The molecule has 0 fully saturated rings. The summed E-state index contributed by atoms with van der Waals surface area (Å²) in [6.45, 7) is 4.73. The summed E-state index contributed by atoms with van der Waals surface area (Å²) in [6.07, 6.45) is 12.6. The van der Waals surface area contributed by atoms with Crippen molar-refractivity contribution in [3.63, 3.8) is 0 Å². The van der Waals surface area contributed by atoms with Gasteiger partial charge in [0.2, 0.25) is 0 Å². The minimum atomic E-state index is -0.363. The Labute approximate surface area is 143 Å². The van der Waals surface area contributed by atoms with Gasteiger partial charge in [-0.1, -0.05) is 7.43 Å². The van der Waals surface area contributed by atoms with Crippen LogP contribution in [0.1, 0.15) is 26.7 Å². The zero-order valence-electron chi connectivity index (χ0n) is 13.2. The zero-order chi connectivity index (χ0) is 15.8. The van der Waals surface area contributed by atoms with E-state index in [0.717, 1.165) is 45.4 Å². The second kappa shape index (κ2) is 23.1. The fourth-order valence-electron chi connectivity index (χ4n) is 1.52. The van der Waals surface area contributed by atoms with E-state index < -0.39 is 0 Å². The molecule has 24 heavy (non-hydrogen) atoms. The van der Waals surface area contributed by atoms with Gasteiger partial charge in [-0.05, 0) is 57.3 Å². The van der Waals surface area contributed by atoms with Crippen LogP contribution >= 0.6 is 0 Å². The summed E-state index contributed by atoms with van der Waals surface area (Å²) in [4.78, 5) is 21.5. The lowest BCUT2D eigenvalue weighted by Gasteiger charge is -2.06. The molecule has 0 unspecified atom stereocenters. The molecule has 0 saturated carbocycles. The molecule has 0 saturated heterocycles. The van der Waals surface area contributed by atoms with E-state index >= 15 is 0 Å². The predicted octanol–water partition coefficient (Wildman–Crippen LogP) is -0.224. The molecule has 0 aliphatic heterocycles. The molecule has 0 rings (SSSR count). The fourth-order valence-corrected chi connectivity index (χ4v) is 1.52. The Morgan fingerprint density at radius 3 is 1.25 bits per heavy atom. The molecule has 0 spiro atoms. The van der Waals surface area contributed by atoms with Gasteiger partial charge in [-0.3, -0.25) is 19.0 Å². The van der Waals surface area contributed by atoms with Crippen molar-refractivity contribution in [2.45, 2.75) is 26.7 Å². The highest BCUT2D eigenvalue weighted by atomic mass is 19.0. The van der Waals surface area contributed by atoms with Crippen LogP contribution in [-0.4, -0.2) is 51.1 Å². The van der Waals surface area contributed by atoms with Gasteiger partial charge in [0, 0.05) is 13.1 Å². The molecule has 8 heteroatoms. The molecule has 0 aromatic rings. The second-order valence-electron chi connectivity index (χ2n) is 4.36. The summed E-state index contributed by atoms with van der Waals surface area (Å²) < 4.78 is 0. The summed E-state index contributed by atoms with van der Waals surface area (Å²) in [7, 11) is 0. The fraction of sp³-hybridized carbons (Fsp3) is 0.625. The van der Waals surface area contributed by atoms with Crippen LogP contribution in [0.4, 0.5) is 9.41 Å². The minimum absolute atomic E-state index is 0. The molecule has 4 N–H and O–H groups in total. The smallest absolute Gasteiger partial charge is 0.295 e. The molecule has 0 aliphatic rings. The molecule has 0 aromatic carbocycles. The maximum Gasteiger partial charge on any atom is 0.295 e. The van der Waals surface area contributed by atoms with E-state index in [4.69, 9.17) is 12.8 Å². The Morgan fingerprint density at radius 2 is 0.958 bits per heavy atom. The standard InChI is InChI=1S/C15H24N4O2.CH4.2FH/c1-3-14(20)18-12-6-10-16-8-5-9-17-11-7-13-19-15(21)4-2;;;/h1-2,16-17H,5-13H2,(H,18,20)(H,19,21);1H4;2*1H. The molecular weight excluding hydrogens is 318 g/mol. The van der Waals surface area contributed by atoms with Gasteiger partial charge in [0.1, 0.15) is 0 Å². The van der Waals surface area contributed by atoms with Crippen molar-refractivity contribution in [1.29, 1.82) is 0 Å². The molecule has 140 valence electrons. The average Bonchev–Trinajstić information content (AvgIpc) is 2.51. The zero-order valence-corrected chi connectivity index (χ0v) is 13.2. The monoisotopic (exact) mass is 348 g/mol. The van der Waals surface area contributed by atoms with Crippen molar-refractivity contribution in [3.05, 3.63) is 0 Å². The Bertz CT molecular complexity index is 357. The Hall–Kier alpha value is -2.16. The van der Waals surface area contributed by atoms with E-state index in [2.05, 4.69) is 21.3 Å². The summed E-state index contributed by atoms with van der Waals surface area (Å²) in [5.74, 6) is 3.28. The van der Waals surface area contributed by atoms with Crippen molar-refractivity contribution in [1.82, 2.24) is 21.3 Å². The highest BCUT2D eigenvalue weighted by Gasteiger charge is 1.94. The first-order chi connectivity index (χ1) is 10.2. The van der Waals surface area contributed by atoms with Gasteiger partial charge in [0.25, 0.3) is 11.8 Å². The largest absolute Gasteiger partial charge is 0.345 e. The summed E-state index contributed by atoms with van der Waals surface area (Å²) in [5, 5.41) is 11.8. The van der Waals surface area contributed by atoms with Crippen LogP contribution in [0.25, 0.3) is 0 Å². The lowest BCUT2D eigenvalue weighted by Crippen LogP contribution is -2.28. The van der Waals surface area contributed by atoms with Crippen LogP contribution in [0.15, 0.2) is 0 Å². The molecule has 6 nitrogen and oxygen atoms in total. The number of amides is 2. The Kier molecular flexibility index (Phi) is 28.7. The van der Waals surface area contributed by atoms with Crippen LogP contribution in [0.3, 0.4) is 0 Å². The molecule has 0 atom stereocenters. The highest BCUT2D eigenvalue weighted by molar-refractivity contribution is 5.93. The minimum Gasteiger partial charge on any atom is -0.345 e. The van der Waals surface area contributed by atoms with E-state index in [9.17, 15) is 9.59 Å². The topological polar surface area (TPSA) is 82.3 Å². The third-order valence-electron chi connectivity index (χ3n) is 2.60. The van der Waals surface area contributed by atoms with E-state index in [1.807, 2.05) is 11.8 Å².